The van der Waals surface area contributed by atoms with E-state index in [4.69, 9.17) is 23.2 Å². The van der Waals surface area contributed by atoms with Crippen molar-refractivity contribution in [2.45, 2.75) is 6.92 Å². The SMILES string of the molecule is Cc1ccc(Cl)cc1Nc1nc2ccc(Cl)cc2n2cnnc12. The summed E-state index contributed by atoms with van der Waals surface area (Å²) in [6, 6.07) is 11.2. The molecule has 2 heterocycles. The molecule has 0 fully saturated rings. The molecule has 0 unspecified atom stereocenters. The minimum absolute atomic E-state index is 0.614. The van der Waals surface area contributed by atoms with Crippen molar-refractivity contribution in [2.75, 3.05) is 5.32 Å². The van der Waals surface area contributed by atoms with Crippen molar-refractivity contribution in [2.24, 2.45) is 0 Å². The van der Waals surface area contributed by atoms with E-state index >= 15 is 0 Å². The van der Waals surface area contributed by atoms with Crippen LogP contribution in [0.1, 0.15) is 5.56 Å². The van der Waals surface area contributed by atoms with Crippen molar-refractivity contribution in [3.05, 3.63) is 58.3 Å². The van der Waals surface area contributed by atoms with Gasteiger partial charge in [-0.25, -0.2) is 4.98 Å². The molecule has 2 aromatic carbocycles. The molecule has 7 heteroatoms. The number of hydrogen-bond donors (Lipinski definition) is 1. The van der Waals surface area contributed by atoms with Crippen molar-refractivity contribution in [3.63, 3.8) is 0 Å². The Balaban J connectivity index is 1.93. The maximum Gasteiger partial charge on any atom is 0.204 e. The Hall–Kier alpha value is -2.37. The van der Waals surface area contributed by atoms with Crippen LogP contribution in [0.4, 0.5) is 11.5 Å². The van der Waals surface area contributed by atoms with Crippen LogP contribution in [0.5, 0.6) is 0 Å². The maximum absolute atomic E-state index is 6.08. The summed E-state index contributed by atoms with van der Waals surface area (Å²) in [4.78, 5) is 4.65. The lowest BCUT2D eigenvalue weighted by atomic mass is 10.2. The molecule has 0 radical (unpaired) electrons. The highest BCUT2D eigenvalue weighted by Crippen LogP contribution is 2.27. The van der Waals surface area contributed by atoms with Crippen LogP contribution < -0.4 is 5.32 Å². The number of aromatic nitrogens is 4. The maximum atomic E-state index is 6.08. The minimum atomic E-state index is 0.614. The fourth-order valence-corrected chi connectivity index (χ4v) is 2.81. The van der Waals surface area contributed by atoms with Crippen LogP contribution in [-0.4, -0.2) is 19.6 Å². The van der Waals surface area contributed by atoms with Gasteiger partial charge in [0.15, 0.2) is 5.82 Å². The molecule has 0 aliphatic rings. The zero-order chi connectivity index (χ0) is 16.0. The van der Waals surface area contributed by atoms with Crippen molar-refractivity contribution in [1.29, 1.82) is 0 Å². The van der Waals surface area contributed by atoms with Crippen LogP contribution >= 0.6 is 23.2 Å². The number of benzene rings is 2. The quantitative estimate of drug-likeness (QED) is 0.576. The van der Waals surface area contributed by atoms with Crippen LogP contribution in [0, 0.1) is 6.92 Å². The van der Waals surface area contributed by atoms with Gasteiger partial charge < -0.3 is 5.32 Å². The number of fused-ring (bicyclic) bond motifs is 3. The highest BCUT2D eigenvalue weighted by atomic mass is 35.5. The summed E-state index contributed by atoms with van der Waals surface area (Å²) in [5, 5.41) is 12.7. The molecule has 2 aromatic heterocycles. The third-order valence-electron chi connectivity index (χ3n) is 3.64. The van der Waals surface area contributed by atoms with Gasteiger partial charge in [0.1, 0.15) is 6.33 Å². The molecule has 5 nitrogen and oxygen atoms in total. The van der Waals surface area contributed by atoms with Crippen molar-refractivity contribution in [3.8, 4) is 0 Å². The number of anilines is 2. The van der Waals surface area contributed by atoms with Gasteiger partial charge in [-0.1, -0.05) is 29.3 Å². The molecule has 23 heavy (non-hydrogen) atoms. The number of rotatable bonds is 2. The molecule has 4 aromatic rings. The first-order valence-electron chi connectivity index (χ1n) is 6.94. The molecule has 0 aliphatic carbocycles. The molecule has 1 N–H and O–H groups in total. The Morgan fingerprint density at radius 3 is 2.70 bits per heavy atom. The molecule has 0 saturated heterocycles. The summed E-state index contributed by atoms with van der Waals surface area (Å²) < 4.78 is 1.86. The first-order chi connectivity index (χ1) is 11.1. The topological polar surface area (TPSA) is 55.1 Å². The second-order valence-corrected chi connectivity index (χ2v) is 6.08. The minimum Gasteiger partial charge on any atom is -0.337 e. The molecule has 0 aliphatic heterocycles. The predicted octanol–water partition coefficient (Wildman–Crippen LogP) is 4.64. The van der Waals surface area contributed by atoms with E-state index < -0.39 is 0 Å². The van der Waals surface area contributed by atoms with Crippen LogP contribution in [-0.2, 0) is 0 Å². The molecule has 0 amide bonds. The van der Waals surface area contributed by atoms with Gasteiger partial charge in [0.25, 0.3) is 0 Å². The zero-order valence-electron chi connectivity index (χ0n) is 12.1. The lowest BCUT2D eigenvalue weighted by Gasteiger charge is -2.11. The Morgan fingerprint density at radius 1 is 1.04 bits per heavy atom. The van der Waals surface area contributed by atoms with Gasteiger partial charge in [0, 0.05) is 15.7 Å². The lowest BCUT2D eigenvalue weighted by molar-refractivity contribution is 1.11. The van der Waals surface area contributed by atoms with Gasteiger partial charge in [-0.3, -0.25) is 4.40 Å². The number of nitrogens with one attached hydrogen (secondary N) is 1. The summed E-state index contributed by atoms with van der Waals surface area (Å²) >= 11 is 12.2. The molecule has 0 atom stereocenters. The van der Waals surface area contributed by atoms with E-state index in [2.05, 4.69) is 20.5 Å². The molecule has 0 saturated carbocycles. The fourth-order valence-electron chi connectivity index (χ4n) is 2.47. The molecule has 0 bridgehead atoms. The Bertz CT molecular complexity index is 1040. The summed E-state index contributed by atoms with van der Waals surface area (Å²) in [7, 11) is 0. The van der Waals surface area contributed by atoms with Gasteiger partial charge in [-0.15, -0.1) is 10.2 Å². The second kappa shape index (κ2) is 5.37. The van der Waals surface area contributed by atoms with Gasteiger partial charge in [-0.2, -0.15) is 0 Å². The van der Waals surface area contributed by atoms with E-state index in [1.54, 1.807) is 6.33 Å². The summed E-state index contributed by atoms with van der Waals surface area (Å²) in [6.07, 6.45) is 1.64. The van der Waals surface area contributed by atoms with Crippen LogP contribution in [0.3, 0.4) is 0 Å². The third-order valence-corrected chi connectivity index (χ3v) is 4.11. The zero-order valence-corrected chi connectivity index (χ0v) is 13.6. The summed E-state index contributed by atoms with van der Waals surface area (Å²) in [5.41, 5.74) is 4.21. The molecular weight excluding hydrogens is 333 g/mol. The van der Waals surface area contributed by atoms with Crippen molar-refractivity contribution in [1.82, 2.24) is 19.6 Å². The van der Waals surface area contributed by atoms with E-state index in [0.29, 0.717) is 21.5 Å². The van der Waals surface area contributed by atoms with E-state index in [0.717, 1.165) is 22.3 Å². The number of hydrogen-bond acceptors (Lipinski definition) is 4. The number of halogens is 2. The predicted molar refractivity (Wildman–Crippen MR) is 92.8 cm³/mol. The first-order valence-corrected chi connectivity index (χ1v) is 7.69. The fraction of sp³-hybridized carbons (Fsp3) is 0.0625. The Morgan fingerprint density at radius 2 is 1.83 bits per heavy atom. The van der Waals surface area contributed by atoms with Crippen LogP contribution in [0.25, 0.3) is 16.7 Å². The number of aryl methyl sites for hydroxylation is 1. The monoisotopic (exact) mass is 343 g/mol. The van der Waals surface area contributed by atoms with Gasteiger partial charge in [0.05, 0.1) is 11.0 Å². The number of nitrogens with zero attached hydrogens (tertiary/aromatic N) is 4. The van der Waals surface area contributed by atoms with E-state index in [1.807, 2.05) is 47.7 Å². The molecule has 0 spiro atoms. The Kier molecular flexibility index (Phi) is 3.32. The molecule has 4 rings (SSSR count). The molecular formula is C16H11Cl2N5. The van der Waals surface area contributed by atoms with Crippen molar-refractivity contribution < 1.29 is 0 Å². The highest BCUT2D eigenvalue weighted by molar-refractivity contribution is 6.31. The Labute approximate surface area is 141 Å². The second-order valence-electron chi connectivity index (χ2n) is 5.20. The van der Waals surface area contributed by atoms with Gasteiger partial charge >= 0.3 is 0 Å². The third kappa shape index (κ3) is 2.48. The lowest BCUT2D eigenvalue weighted by Crippen LogP contribution is -2.01. The smallest absolute Gasteiger partial charge is 0.204 e. The average molecular weight is 344 g/mol. The summed E-state index contributed by atoms with van der Waals surface area (Å²) in [5.74, 6) is 0.614. The normalized spacial score (nSPS) is 11.3. The standard InChI is InChI=1S/C16H11Cl2N5/c1-9-2-3-10(17)6-13(9)21-15-16-22-19-8-23(16)14-7-11(18)4-5-12(14)20-15/h2-8H,1H3,(H,20,21). The first kappa shape index (κ1) is 14.2. The van der Waals surface area contributed by atoms with Gasteiger partial charge in [0.2, 0.25) is 5.65 Å². The van der Waals surface area contributed by atoms with E-state index in [1.165, 1.54) is 0 Å². The van der Waals surface area contributed by atoms with E-state index in [9.17, 15) is 0 Å². The van der Waals surface area contributed by atoms with Crippen molar-refractivity contribution >= 4 is 51.4 Å². The van der Waals surface area contributed by atoms with Crippen LogP contribution in [0.2, 0.25) is 10.0 Å². The largest absolute Gasteiger partial charge is 0.337 e. The molecule has 114 valence electrons. The van der Waals surface area contributed by atoms with E-state index in [-0.39, 0.29) is 0 Å². The van der Waals surface area contributed by atoms with Gasteiger partial charge in [-0.05, 0) is 42.8 Å². The van der Waals surface area contributed by atoms with Crippen LogP contribution in [0.15, 0.2) is 42.7 Å². The summed E-state index contributed by atoms with van der Waals surface area (Å²) in [6.45, 7) is 2.00. The average Bonchev–Trinajstić information content (AvgIpc) is 3.02. The highest BCUT2D eigenvalue weighted by Gasteiger charge is 2.12.